The molecule has 3 N–H and O–H groups in total. The van der Waals surface area contributed by atoms with Crippen LogP contribution in [0.1, 0.15) is 5.56 Å². The van der Waals surface area contributed by atoms with Gasteiger partial charge in [0.2, 0.25) is 0 Å². The van der Waals surface area contributed by atoms with Crippen molar-refractivity contribution >= 4 is 5.97 Å². The summed E-state index contributed by atoms with van der Waals surface area (Å²) in [5.41, 5.74) is 6.32. The molecule has 1 atom stereocenters. The summed E-state index contributed by atoms with van der Waals surface area (Å²) in [5, 5.41) is 8.58. The van der Waals surface area contributed by atoms with Crippen LogP contribution >= 0.6 is 0 Å². The minimum atomic E-state index is -0.966. The molecule has 0 fully saturated rings. The smallest absolute Gasteiger partial charge is 0.320 e. The van der Waals surface area contributed by atoms with Gasteiger partial charge in [-0.05, 0) is 6.07 Å². The van der Waals surface area contributed by atoms with Gasteiger partial charge in [0.05, 0.1) is 0 Å². The minimum absolute atomic E-state index is 0.365. The standard InChI is InChI=1S/C9H12N2O2/c1-11-4-2-3-7(6-11)5-8(10)9(12)13/h2-4,6,8H,5,10H2,1H3/p+1/t8-/m0/s1. The van der Waals surface area contributed by atoms with Gasteiger partial charge in [-0.25, -0.2) is 4.57 Å². The van der Waals surface area contributed by atoms with E-state index in [4.69, 9.17) is 10.8 Å². The van der Waals surface area contributed by atoms with E-state index in [0.29, 0.717) is 6.42 Å². The van der Waals surface area contributed by atoms with Gasteiger partial charge in [-0.15, -0.1) is 0 Å². The number of hydrogen-bond acceptors (Lipinski definition) is 2. The zero-order valence-corrected chi connectivity index (χ0v) is 7.47. The first-order valence-electron chi connectivity index (χ1n) is 4.02. The van der Waals surface area contributed by atoms with Crippen molar-refractivity contribution in [3.05, 3.63) is 30.1 Å². The van der Waals surface area contributed by atoms with Crippen LogP contribution in [0.5, 0.6) is 0 Å². The van der Waals surface area contributed by atoms with Crippen molar-refractivity contribution in [3.8, 4) is 0 Å². The summed E-state index contributed by atoms with van der Waals surface area (Å²) in [6.07, 6.45) is 4.11. The molecule has 0 radical (unpaired) electrons. The second-order valence-electron chi connectivity index (χ2n) is 3.03. The highest BCUT2D eigenvalue weighted by Crippen LogP contribution is 1.98. The lowest BCUT2D eigenvalue weighted by atomic mass is 10.1. The van der Waals surface area contributed by atoms with Crippen molar-refractivity contribution in [1.29, 1.82) is 0 Å². The van der Waals surface area contributed by atoms with E-state index in [1.54, 1.807) is 0 Å². The fourth-order valence-electron chi connectivity index (χ4n) is 1.11. The molecular weight excluding hydrogens is 168 g/mol. The maximum atomic E-state index is 10.5. The first-order chi connectivity index (χ1) is 6.09. The largest absolute Gasteiger partial charge is 0.480 e. The van der Waals surface area contributed by atoms with Gasteiger partial charge in [-0.2, -0.15) is 0 Å². The highest BCUT2D eigenvalue weighted by atomic mass is 16.4. The summed E-state index contributed by atoms with van der Waals surface area (Å²) in [5.74, 6) is -0.966. The first-order valence-corrected chi connectivity index (χ1v) is 4.02. The molecule has 0 saturated carbocycles. The highest BCUT2D eigenvalue weighted by Gasteiger charge is 2.13. The van der Waals surface area contributed by atoms with Crippen LogP contribution in [0.15, 0.2) is 24.5 Å². The monoisotopic (exact) mass is 181 g/mol. The Labute approximate surface area is 76.6 Å². The molecule has 0 aliphatic heterocycles. The maximum Gasteiger partial charge on any atom is 0.320 e. The maximum absolute atomic E-state index is 10.5. The van der Waals surface area contributed by atoms with Crippen LogP contribution in [0.2, 0.25) is 0 Å². The van der Waals surface area contributed by atoms with Crippen molar-refractivity contribution in [2.45, 2.75) is 12.5 Å². The molecule has 1 aromatic rings. The van der Waals surface area contributed by atoms with E-state index in [1.165, 1.54) is 0 Å². The van der Waals surface area contributed by atoms with Gasteiger partial charge in [0.15, 0.2) is 12.4 Å². The number of hydrogen-bond donors (Lipinski definition) is 2. The third kappa shape index (κ3) is 2.83. The zero-order valence-electron chi connectivity index (χ0n) is 7.47. The lowest BCUT2D eigenvalue weighted by Gasteiger charge is -2.03. The number of aliphatic carboxylic acids is 1. The Hall–Kier alpha value is -1.42. The number of aryl methyl sites for hydroxylation is 1. The zero-order chi connectivity index (χ0) is 9.84. The van der Waals surface area contributed by atoms with Gasteiger partial charge < -0.3 is 10.8 Å². The molecule has 13 heavy (non-hydrogen) atoms. The molecule has 0 unspecified atom stereocenters. The number of nitrogens with two attached hydrogens (primary N) is 1. The van der Waals surface area contributed by atoms with Crippen molar-refractivity contribution in [3.63, 3.8) is 0 Å². The Morgan fingerprint density at radius 2 is 2.46 bits per heavy atom. The second-order valence-corrected chi connectivity index (χ2v) is 3.03. The molecule has 0 amide bonds. The number of carboxylic acids is 1. The highest BCUT2D eigenvalue weighted by molar-refractivity contribution is 5.73. The summed E-state index contributed by atoms with van der Waals surface area (Å²) in [4.78, 5) is 10.5. The third-order valence-corrected chi connectivity index (χ3v) is 1.77. The SMILES string of the molecule is C[n+]1cccc(C[C@H](N)C(=O)O)c1. The van der Waals surface area contributed by atoms with Gasteiger partial charge in [0, 0.05) is 18.1 Å². The minimum Gasteiger partial charge on any atom is -0.480 e. The van der Waals surface area contributed by atoms with Gasteiger partial charge in [0.1, 0.15) is 13.1 Å². The van der Waals surface area contributed by atoms with Crippen LogP contribution in [-0.2, 0) is 18.3 Å². The molecule has 70 valence electrons. The molecule has 0 saturated heterocycles. The van der Waals surface area contributed by atoms with Crippen LogP contribution in [-0.4, -0.2) is 17.1 Å². The van der Waals surface area contributed by atoms with Gasteiger partial charge in [-0.1, -0.05) is 0 Å². The van der Waals surface area contributed by atoms with E-state index in [-0.39, 0.29) is 0 Å². The average Bonchev–Trinajstić information content (AvgIpc) is 2.04. The number of pyridine rings is 1. The summed E-state index contributed by atoms with van der Waals surface area (Å²) in [7, 11) is 1.88. The molecule has 0 spiro atoms. The number of carbonyl (C=O) groups is 1. The third-order valence-electron chi connectivity index (χ3n) is 1.77. The molecule has 1 heterocycles. The average molecular weight is 181 g/mol. The van der Waals surface area contributed by atoms with Gasteiger partial charge >= 0.3 is 5.97 Å². The Morgan fingerprint density at radius 3 is 3.00 bits per heavy atom. The molecule has 4 heteroatoms. The van der Waals surface area contributed by atoms with Crippen LogP contribution in [0.25, 0.3) is 0 Å². The predicted octanol–water partition coefficient (Wildman–Crippen LogP) is -0.534. The Kier molecular flexibility index (Phi) is 2.97. The summed E-state index contributed by atoms with van der Waals surface area (Å²) < 4.78 is 1.86. The van der Waals surface area contributed by atoms with E-state index in [2.05, 4.69) is 0 Å². The first kappa shape index (κ1) is 9.67. The summed E-state index contributed by atoms with van der Waals surface area (Å²) in [6, 6.07) is 2.91. The van der Waals surface area contributed by atoms with Crippen LogP contribution < -0.4 is 10.3 Å². The molecule has 1 rings (SSSR count). The van der Waals surface area contributed by atoms with Crippen LogP contribution in [0.4, 0.5) is 0 Å². The van der Waals surface area contributed by atoms with Gasteiger partial charge in [-0.3, -0.25) is 4.79 Å². The predicted molar refractivity (Wildman–Crippen MR) is 46.9 cm³/mol. The fourth-order valence-corrected chi connectivity index (χ4v) is 1.11. The van der Waals surface area contributed by atoms with E-state index in [0.717, 1.165) is 5.56 Å². The second kappa shape index (κ2) is 4.00. The van der Waals surface area contributed by atoms with E-state index < -0.39 is 12.0 Å². The quantitative estimate of drug-likeness (QED) is 0.616. The molecule has 4 nitrogen and oxygen atoms in total. The molecule has 0 aliphatic carbocycles. The van der Waals surface area contributed by atoms with Crippen molar-refractivity contribution in [2.24, 2.45) is 12.8 Å². The Balaban J connectivity index is 2.69. The molecule has 0 aliphatic rings. The number of nitrogens with zero attached hydrogens (tertiary/aromatic N) is 1. The van der Waals surface area contributed by atoms with Crippen molar-refractivity contribution in [1.82, 2.24) is 0 Å². The van der Waals surface area contributed by atoms with E-state index in [1.807, 2.05) is 36.1 Å². The fraction of sp³-hybridized carbons (Fsp3) is 0.333. The Bertz CT molecular complexity index is 312. The van der Waals surface area contributed by atoms with E-state index in [9.17, 15) is 4.79 Å². The molecule has 0 aromatic carbocycles. The summed E-state index contributed by atoms with van der Waals surface area (Å²) >= 11 is 0. The van der Waals surface area contributed by atoms with Crippen molar-refractivity contribution in [2.75, 3.05) is 0 Å². The lowest BCUT2D eigenvalue weighted by molar-refractivity contribution is -0.671. The van der Waals surface area contributed by atoms with Gasteiger partial charge in [0.25, 0.3) is 0 Å². The molecular formula is C9H13N2O2+. The topological polar surface area (TPSA) is 67.2 Å². The van der Waals surface area contributed by atoms with Crippen LogP contribution in [0.3, 0.4) is 0 Å². The Morgan fingerprint density at radius 1 is 1.77 bits per heavy atom. The van der Waals surface area contributed by atoms with Crippen molar-refractivity contribution < 1.29 is 14.5 Å². The lowest BCUT2D eigenvalue weighted by Crippen LogP contribution is -2.34. The van der Waals surface area contributed by atoms with Crippen LogP contribution in [0, 0.1) is 0 Å². The molecule has 0 bridgehead atoms. The summed E-state index contributed by atoms with van der Waals surface area (Å²) in [6.45, 7) is 0. The van der Waals surface area contributed by atoms with E-state index >= 15 is 0 Å². The molecule has 1 aromatic heterocycles. The number of aromatic nitrogens is 1. The number of rotatable bonds is 3. The normalized spacial score (nSPS) is 12.5. The number of carboxylic acid groups (broad SMARTS) is 1.